The van der Waals surface area contributed by atoms with E-state index in [-0.39, 0.29) is 12.1 Å². The summed E-state index contributed by atoms with van der Waals surface area (Å²) in [6.07, 6.45) is -2.42. The molecule has 4 atom stereocenters. The minimum atomic E-state index is -0.897. The van der Waals surface area contributed by atoms with Crippen LogP contribution in [0, 0.1) is 17.0 Å². The van der Waals surface area contributed by atoms with Gasteiger partial charge >= 0.3 is 0 Å². The Morgan fingerprint density at radius 2 is 2.15 bits per heavy atom. The molecule has 1 aliphatic rings. The van der Waals surface area contributed by atoms with Crippen LogP contribution < -0.4 is 5.32 Å². The van der Waals surface area contributed by atoms with Gasteiger partial charge in [0.05, 0.1) is 17.1 Å². The molecule has 3 N–H and O–H groups in total. The predicted molar refractivity (Wildman–Crippen MR) is 72.4 cm³/mol. The molecule has 7 heteroatoms. The Morgan fingerprint density at radius 3 is 2.70 bits per heavy atom. The van der Waals surface area contributed by atoms with Crippen molar-refractivity contribution in [2.45, 2.75) is 44.8 Å². The van der Waals surface area contributed by atoms with E-state index < -0.39 is 29.5 Å². The van der Waals surface area contributed by atoms with E-state index in [1.54, 1.807) is 19.9 Å². The van der Waals surface area contributed by atoms with Gasteiger partial charge in [-0.15, -0.1) is 0 Å². The zero-order chi connectivity index (χ0) is 14.9. The number of nitrogens with zero attached hydrogens (tertiary/aromatic N) is 1. The third-order valence-corrected chi connectivity index (χ3v) is 3.45. The van der Waals surface area contributed by atoms with E-state index in [9.17, 15) is 20.3 Å². The van der Waals surface area contributed by atoms with Crippen molar-refractivity contribution in [1.82, 2.24) is 0 Å². The molecule has 0 saturated carbocycles. The van der Waals surface area contributed by atoms with Gasteiger partial charge in [-0.1, -0.05) is 0 Å². The molecular formula is C13H18N2O5. The number of ether oxygens (including phenoxy) is 1. The average Bonchev–Trinajstić information content (AvgIpc) is 2.38. The lowest BCUT2D eigenvalue weighted by molar-refractivity contribution is -0.384. The Hall–Kier alpha value is -1.70. The van der Waals surface area contributed by atoms with Crippen LogP contribution in [0.15, 0.2) is 18.2 Å². The first-order chi connectivity index (χ1) is 9.38. The number of nitro benzene ring substituents is 1. The number of benzene rings is 1. The van der Waals surface area contributed by atoms with E-state index in [1.807, 2.05) is 0 Å². The van der Waals surface area contributed by atoms with Crippen molar-refractivity contribution in [3.63, 3.8) is 0 Å². The highest BCUT2D eigenvalue weighted by atomic mass is 16.6. The fourth-order valence-corrected chi connectivity index (χ4v) is 2.26. The van der Waals surface area contributed by atoms with E-state index in [0.29, 0.717) is 5.69 Å². The minimum Gasteiger partial charge on any atom is -0.390 e. The second kappa shape index (κ2) is 5.74. The summed E-state index contributed by atoms with van der Waals surface area (Å²) < 4.78 is 5.55. The van der Waals surface area contributed by atoms with Crippen LogP contribution in [0.4, 0.5) is 11.4 Å². The number of hydrogen-bond donors (Lipinski definition) is 3. The number of hydrogen-bond acceptors (Lipinski definition) is 6. The zero-order valence-electron chi connectivity index (χ0n) is 11.3. The highest BCUT2D eigenvalue weighted by Crippen LogP contribution is 2.25. The summed E-state index contributed by atoms with van der Waals surface area (Å²) in [6.45, 7) is 3.44. The van der Waals surface area contributed by atoms with Crippen molar-refractivity contribution in [3.8, 4) is 0 Å². The number of aryl methyl sites for hydroxylation is 1. The number of nitro groups is 1. The quantitative estimate of drug-likeness (QED) is 0.568. The molecule has 0 bridgehead atoms. The maximum atomic E-state index is 10.7. The van der Waals surface area contributed by atoms with Crippen LogP contribution >= 0.6 is 0 Å². The summed E-state index contributed by atoms with van der Waals surface area (Å²) in [5, 5.41) is 33.1. The summed E-state index contributed by atoms with van der Waals surface area (Å²) in [4.78, 5) is 10.2. The molecule has 0 spiro atoms. The molecule has 2 rings (SSSR count). The number of aliphatic hydroxyl groups excluding tert-OH is 2. The SMILES string of the molecule is Cc1cc([N+](=O)[O-])ccc1NC1CC(O)C(O)C(C)O1. The van der Waals surface area contributed by atoms with Crippen molar-refractivity contribution in [3.05, 3.63) is 33.9 Å². The lowest BCUT2D eigenvalue weighted by atomic mass is 10.0. The van der Waals surface area contributed by atoms with E-state index in [4.69, 9.17) is 4.74 Å². The Kier molecular flexibility index (Phi) is 4.22. The second-order valence-corrected chi connectivity index (χ2v) is 5.02. The van der Waals surface area contributed by atoms with E-state index in [0.717, 1.165) is 5.56 Å². The minimum absolute atomic E-state index is 0.0291. The average molecular weight is 282 g/mol. The zero-order valence-corrected chi connectivity index (χ0v) is 11.3. The van der Waals surface area contributed by atoms with Gasteiger partial charge in [0.25, 0.3) is 5.69 Å². The molecular weight excluding hydrogens is 264 g/mol. The highest BCUT2D eigenvalue weighted by molar-refractivity contribution is 5.55. The molecule has 1 saturated heterocycles. The van der Waals surface area contributed by atoms with Crippen LogP contribution in [-0.4, -0.2) is 39.7 Å². The van der Waals surface area contributed by atoms with E-state index >= 15 is 0 Å². The van der Waals surface area contributed by atoms with Crippen LogP contribution in [0.1, 0.15) is 18.9 Å². The molecule has 1 aromatic rings. The van der Waals surface area contributed by atoms with E-state index in [2.05, 4.69) is 5.32 Å². The van der Waals surface area contributed by atoms with Gasteiger partial charge in [-0.05, 0) is 25.5 Å². The number of rotatable bonds is 3. The highest BCUT2D eigenvalue weighted by Gasteiger charge is 2.34. The molecule has 0 aliphatic carbocycles. The number of anilines is 1. The van der Waals surface area contributed by atoms with Gasteiger partial charge < -0.3 is 20.3 Å². The fraction of sp³-hybridized carbons (Fsp3) is 0.538. The molecule has 1 aromatic carbocycles. The van der Waals surface area contributed by atoms with Crippen molar-refractivity contribution < 1.29 is 19.9 Å². The normalized spacial score (nSPS) is 30.0. The number of non-ortho nitro benzene ring substituents is 1. The monoisotopic (exact) mass is 282 g/mol. The molecule has 1 fully saturated rings. The van der Waals surface area contributed by atoms with Crippen LogP contribution in [0.5, 0.6) is 0 Å². The summed E-state index contributed by atoms with van der Waals surface area (Å²) in [7, 11) is 0. The topological polar surface area (TPSA) is 105 Å². The molecule has 0 aromatic heterocycles. The first kappa shape index (κ1) is 14.7. The first-order valence-corrected chi connectivity index (χ1v) is 6.41. The van der Waals surface area contributed by atoms with Gasteiger partial charge in [-0.3, -0.25) is 10.1 Å². The predicted octanol–water partition coefficient (Wildman–Crippen LogP) is 1.17. The second-order valence-electron chi connectivity index (χ2n) is 5.02. The maximum Gasteiger partial charge on any atom is 0.269 e. The summed E-state index contributed by atoms with van der Waals surface area (Å²) >= 11 is 0. The standard InChI is InChI=1S/C13H18N2O5/c1-7-5-9(15(18)19)3-4-10(7)14-12-6-11(16)13(17)8(2)20-12/h3-5,8,11-14,16-17H,6H2,1-2H3. The van der Waals surface area contributed by atoms with Gasteiger partial charge in [-0.2, -0.15) is 0 Å². The third kappa shape index (κ3) is 3.06. The number of aliphatic hydroxyl groups is 2. The van der Waals surface area contributed by atoms with Gasteiger partial charge in [0.1, 0.15) is 12.3 Å². The van der Waals surface area contributed by atoms with Gasteiger partial charge in [-0.25, -0.2) is 0 Å². The molecule has 1 aliphatic heterocycles. The molecule has 1 heterocycles. The molecule has 110 valence electrons. The molecule has 20 heavy (non-hydrogen) atoms. The lowest BCUT2D eigenvalue weighted by Gasteiger charge is -2.36. The van der Waals surface area contributed by atoms with Gasteiger partial charge in [0.15, 0.2) is 0 Å². The Morgan fingerprint density at radius 1 is 1.45 bits per heavy atom. The van der Waals surface area contributed by atoms with Crippen LogP contribution in [-0.2, 0) is 4.74 Å². The van der Waals surface area contributed by atoms with Crippen molar-refractivity contribution in [1.29, 1.82) is 0 Å². The van der Waals surface area contributed by atoms with E-state index in [1.165, 1.54) is 12.1 Å². The third-order valence-electron chi connectivity index (χ3n) is 3.45. The Bertz CT molecular complexity index is 496. The fourth-order valence-electron chi connectivity index (χ4n) is 2.26. The van der Waals surface area contributed by atoms with Crippen molar-refractivity contribution >= 4 is 11.4 Å². The van der Waals surface area contributed by atoms with Gasteiger partial charge in [0, 0.05) is 24.2 Å². The summed E-state index contributed by atoms with van der Waals surface area (Å²) in [5.41, 5.74) is 1.45. The lowest BCUT2D eigenvalue weighted by Crippen LogP contribution is -2.49. The molecule has 7 nitrogen and oxygen atoms in total. The smallest absolute Gasteiger partial charge is 0.269 e. The van der Waals surface area contributed by atoms with Crippen LogP contribution in [0.25, 0.3) is 0 Å². The largest absolute Gasteiger partial charge is 0.390 e. The Balaban J connectivity index is 2.09. The van der Waals surface area contributed by atoms with Crippen molar-refractivity contribution in [2.75, 3.05) is 5.32 Å². The van der Waals surface area contributed by atoms with Crippen molar-refractivity contribution in [2.24, 2.45) is 0 Å². The molecule has 4 unspecified atom stereocenters. The molecule has 0 radical (unpaired) electrons. The Labute approximate surface area is 116 Å². The van der Waals surface area contributed by atoms with Gasteiger partial charge in [0.2, 0.25) is 0 Å². The molecule has 0 amide bonds. The van der Waals surface area contributed by atoms with Crippen LogP contribution in [0.3, 0.4) is 0 Å². The summed E-state index contributed by atoms with van der Waals surface area (Å²) in [6, 6.07) is 4.49. The van der Waals surface area contributed by atoms with Crippen LogP contribution in [0.2, 0.25) is 0 Å². The summed E-state index contributed by atoms with van der Waals surface area (Å²) in [5.74, 6) is 0. The first-order valence-electron chi connectivity index (χ1n) is 6.41. The number of nitrogens with one attached hydrogen (secondary N) is 1. The maximum absolute atomic E-state index is 10.7.